The minimum absolute atomic E-state index is 0.0426. The van der Waals surface area contributed by atoms with Crippen molar-refractivity contribution in [3.05, 3.63) is 58.8 Å². The molecule has 1 aliphatic heterocycles. The average molecular weight is 424 g/mol. The molecule has 4 aromatic rings. The first kappa shape index (κ1) is 19.0. The molecule has 5 rings (SSSR count). The standard InChI is InChI=1S/C21H22ClN7O/c1-12-6-24-21(26-20(12)17-8-23-19-5-4-15(22)10-29(17)19)28-9-13(2)30-18(11-28)16-7-25-27-14(16)3/h4-8,10,13,18H,9,11H2,1-3H3,(H,25,27)/t13-,18-/m0/s1. The second-order valence-corrected chi connectivity index (χ2v) is 8.15. The fourth-order valence-electron chi connectivity index (χ4n) is 3.95. The van der Waals surface area contributed by atoms with Crippen LogP contribution in [0.4, 0.5) is 5.95 Å². The monoisotopic (exact) mass is 423 g/mol. The number of halogens is 1. The summed E-state index contributed by atoms with van der Waals surface area (Å²) in [6.07, 6.45) is 7.33. The number of nitrogens with zero attached hydrogens (tertiary/aromatic N) is 6. The number of hydrogen-bond acceptors (Lipinski definition) is 6. The molecule has 0 bridgehead atoms. The summed E-state index contributed by atoms with van der Waals surface area (Å²) in [5, 5.41) is 7.78. The zero-order chi connectivity index (χ0) is 20.8. The van der Waals surface area contributed by atoms with Gasteiger partial charge in [0.05, 0.1) is 41.5 Å². The zero-order valence-electron chi connectivity index (χ0n) is 17.0. The number of imidazole rings is 1. The van der Waals surface area contributed by atoms with Crippen LogP contribution in [-0.4, -0.2) is 48.7 Å². The van der Waals surface area contributed by atoms with Gasteiger partial charge in [0.1, 0.15) is 11.8 Å². The van der Waals surface area contributed by atoms with E-state index in [0.717, 1.165) is 40.4 Å². The Hall–Kier alpha value is -2.97. The number of H-pyrrole nitrogens is 1. The molecule has 154 valence electrons. The number of aryl methyl sites for hydroxylation is 2. The summed E-state index contributed by atoms with van der Waals surface area (Å²) in [6.45, 7) is 7.45. The Bertz CT molecular complexity index is 1220. The lowest BCUT2D eigenvalue weighted by molar-refractivity contribution is -0.0181. The van der Waals surface area contributed by atoms with Gasteiger partial charge >= 0.3 is 0 Å². The topological polar surface area (TPSA) is 84.2 Å². The third-order valence-electron chi connectivity index (χ3n) is 5.43. The maximum atomic E-state index is 6.21. The molecule has 0 saturated carbocycles. The number of hydrogen-bond donors (Lipinski definition) is 1. The molecule has 5 heterocycles. The molecule has 1 aliphatic rings. The molecule has 1 N–H and O–H groups in total. The van der Waals surface area contributed by atoms with Crippen LogP contribution in [0.25, 0.3) is 17.0 Å². The van der Waals surface area contributed by atoms with Gasteiger partial charge in [-0.2, -0.15) is 5.10 Å². The fraction of sp³-hybridized carbons (Fsp3) is 0.333. The van der Waals surface area contributed by atoms with E-state index in [-0.39, 0.29) is 12.2 Å². The Kier molecular flexibility index (Phi) is 4.67. The van der Waals surface area contributed by atoms with Crippen LogP contribution in [0.3, 0.4) is 0 Å². The van der Waals surface area contributed by atoms with Gasteiger partial charge in [0.2, 0.25) is 5.95 Å². The van der Waals surface area contributed by atoms with Gasteiger partial charge in [-0.05, 0) is 38.5 Å². The van der Waals surface area contributed by atoms with Crippen molar-refractivity contribution in [2.24, 2.45) is 0 Å². The van der Waals surface area contributed by atoms with E-state index in [1.807, 2.05) is 55.2 Å². The highest BCUT2D eigenvalue weighted by atomic mass is 35.5. The summed E-state index contributed by atoms with van der Waals surface area (Å²) in [7, 11) is 0. The van der Waals surface area contributed by atoms with Crippen molar-refractivity contribution < 1.29 is 4.74 Å². The molecular weight excluding hydrogens is 402 g/mol. The molecule has 0 radical (unpaired) electrons. The second kappa shape index (κ2) is 7.37. The van der Waals surface area contributed by atoms with Crippen molar-refractivity contribution in [2.45, 2.75) is 33.0 Å². The molecule has 2 atom stereocenters. The molecule has 0 spiro atoms. The van der Waals surface area contributed by atoms with Crippen LogP contribution in [0.2, 0.25) is 5.02 Å². The van der Waals surface area contributed by atoms with Crippen LogP contribution in [-0.2, 0) is 4.74 Å². The SMILES string of the molecule is Cc1cnc(N2C[C@@H](c3cn[nH]c3C)O[C@@H](C)C2)nc1-c1cnc2ccc(Cl)cn12. The third kappa shape index (κ3) is 3.32. The van der Waals surface area contributed by atoms with Crippen LogP contribution >= 0.6 is 11.6 Å². The summed E-state index contributed by atoms with van der Waals surface area (Å²) in [5.41, 5.74) is 5.60. The Morgan fingerprint density at radius 1 is 1.13 bits per heavy atom. The van der Waals surface area contributed by atoms with Crippen molar-refractivity contribution in [3.63, 3.8) is 0 Å². The first-order chi connectivity index (χ1) is 14.5. The van der Waals surface area contributed by atoms with Crippen molar-refractivity contribution in [2.75, 3.05) is 18.0 Å². The van der Waals surface area contributed by atoms with Crippen molar-refractivity contribution in [1.82, 2.24) is 29.5 Å². The number of anilines is 1. The maximum Gasteiger partial charge on any atom is 0.226 e. The summed E-state index contributed by atoms with van der Waals surface area (Å²) < 4.78 is 8.13. The maximum absolute atomic E-state index is 6.21. The van der Waals surface area contributed by atoms with E-state index < -0.39 is 0 Å². The van der Waals surface area contributed by atoms with E-state index in [2.05, 4.69) is 32.0 Å². The van der Waals surface area contributed by atoms with E-state index in [9.17, 15) is 0 Å². The van der Waals surface area contributed by atoms with Crippen molar-refractivity contribution >= 4 is 23.2 Å². The van der Waals surface area contributed by atoms with Gasteiger partial charge in [0.15, 0.2) is 0 Å². The number of aromatic amines is 1. The molecular formula is C21H22ClN7O. The Balaban J connectivity index is 1.52. The smallest absolute Gasteiger partial charge is 0.226 e. The van der Waals surface area contributed by atoms with Crippen LogP contribution in [0, 0.1) is 13.8 Å². The zero-order valence-corrected chi connectivity index (χ0v) is 17.8. The summed E-state index contributed by atoms with van der Waals surface area (Å²) in [4.78, 5) is 16.2. The molecule has 9 heteroatoms. The highest BCUT2D eigenvalue weighted by molar-refractivity contribution is 6.30. The molecule has 0 aliphatic carbocycles. The minimum Gasteiger partial charge on any atom is -0.367 e. The number of fused-ring (bicyclic) bond motifs is 1. The number of nitrogens with one attached hydrogen (secondary N) is 1. The lowest BCUT2D eigenvalue weighted by Crippen LogP contribution is -2.43. The number of pyridine rings is 1. The van der Waals surface area contributed by atoms with Gasteiger partial charge in [-0.3, -0.25) is 9.50 Å². The summed E-state index contributed by atoms with van der Waals surface area (Å²) in [6, 6.07) is 3.73. The molecule has 8 nitrogen and oxygen atoms in total. The number of morpholine rings is 1. The first-order valence-corrected chi connectivity index (χ1v) is 10.2. The van der Waals surface area contributed by atoms with Crippen LogP contribution < -0.4 is 4.90 Å². The summed E-state index contributed by atoms with van der Waals surface area (Å²) in [5.74, 6) is 0.675. The molecule has 1 fully saturated rings. The van der Waals surface area contributed by atoms with Gasteiger partial charge < -0.3 is 9.64 Å². The summed E-state index contributed by atoms with van der Waals surface area (Å²) >= 11 is 6.21. The van der Waals surface area contributed by atoms with Crippen LogP contribution in [0.1, 0.15) is 29.8 Å². The molecule has 0 unspecified atom stereocenters. The average Bonchev–Trinajstić information content (AvgIpc) is 3.33. The highest BCUT2D eigenvalue weighted by Crippen LogP contribution is 2.30. The molecule has 0 amide bonds. The third-order valence-corrected chi connectivity index (χ3v) is 5.65. The normalized spacial score (nSPS) is 19.5. The van der Waals surface area contributed by atoms with Gasteiger partial charge in [-0.15, -0.1) is 0 Å². The van der Waals surface area contributed by atoms with E-state index in [1.54, 1.807) is 0 Å². The Morgan fingerprint density at radius 2 is 2.00 bits per heavy atom. The quantitative estimate of drug-likeness (QED) is 0.540. The van der Waals surface area contributed by atoms with E-state index in [0.29, 0.717) is 17.5 Å². The van der Waals surface area contributed by atoms with E-state index >= 15 is 0 Å². The molecule has 1 saturated heterocycles. The minimum atomic E-state index is -0.0875. The van der Waals surface area contributed by atoms with Gasteiger partial charge in [0.25, 0.3) is 0 Å². The Morgan fingerprint density at radius 3 is 2.80 bits per heavy atom. The van der Waals surface area contributed by atoms with Crippen molar-refractivity contribution in [1.29, 1.82) is 0 Å². The highest BCUT2D eigenvalue weighted by Gasteiger charge is 2.30. The lowest BCUT2D eigenvalue weighted by atomic mass is 10.1. The molecule has 4 aromatic heterocycles. The molecule has 30 heavy (non-hydrogen) atoms. The largest absolute Gasteiger partial charge is 0.367 e. The van der Waals surface area contributed by atoms with Gasteiger partial charge in [0, 0.05) is 30.2 Å². The van der Waals surface area contributed by atoms with Crippen LogP contribution in [0.5, 0.6) is 0 Å². The van der Waals surface area contributed by atoms with Gasteiger partial charge in [-0.25, -0.2) is 15.0 Å². The van der Waals surface area contributed by atoms with Crippen LogP contribution in [0.15, 0.2) is 36.9 Å². The van der Waals surface area contributed by atoms with Gasteiger partial charge in [-0.1, -0.05) is 11.6 Å². The lowest BCUT2D eigenvalue weighted by Gasteiger charge is -2.36. The predicted octanol–water partition coefficient (Wildman–Crippen LogP) is 3.75. The fourth-order valence-corrected chi connectivity index (χ4v) is 4.11. The number of rotatable bonds is 3. The second-order valence-electron chi connectivity index (χ2n) is 7.71. The number of ether oxygens (including phenoxy) is 1. The van der Waals surface area contributed by atoms with E-state index in [4.69, 9.17) is 21.3 Å². The van der Waals surface area contributed by atoms with E-state index in [1.165, 1.54) is 0 Å². The predicted molar refractivity (Wildman–Crippen MR) is 115 cm³/mol. The number of aromatic nitrogens is 6. The molecule has 0 aromatic carbocycles. The van der Waals surface area contributed by atoms with Crippen molar-refractivity contribution in [3.8, 4) is 11.4 Å². The first-order valence-electron chi connectivity index (χ1n) is 9.86. The Labute approximate surface area is 178 Å².